The van der Waals surface area contributed by atoms with Crippen molar-refractivity contribution in [3.05, 3.63) is 29.6 Å². The second kappa shape index (κ2) is 3.03. The Kier molecular flexibility index (Phi) is 2.07. The summed E-state index contributed by atoms with van der Waals surface area (Å²) in [6.07, 6.45) is 1.66. The summed E-state index contributed by atoms with van der Waals surface area (Å²) >= 11 is 0. The molecule has 0 radical (unpaired) electrons. The van der Waals surface area contributed by atoms with Gasteiger partial charge in [0.05, 0.1) is 0 Å². The Balaban J connectivity index is 2.59. The van der Waals surface area contributed by atoms with Crippen molar-refractivity contribution in [2.75, 3.05) is 13.3 Å². The van der Waals surface area contributed by atoms with Crippen LogP contribution in [0, 0.1) is 5.82 Å². The van der Waals surface area contributed by atoms with E-state index in [0.29, 0.717) is 10.9 Å². The average Bonchev–Trinajstić information content (AvgIpc) is 2.85. The summed E-state index contributed by atoms with van der Waals surface area (Å²) in [5.41, 5.74) is 0.487. The number of aliphatic imine (C=N–C) groups is 1. The van der Waals surface area contributed by atoms with Gasteiger partial charge in [0.25, 0.3) is 0 Å². The van der Waals surface area contributed by atoms with Crippen LogP contribution in [0.1, 0.15) is 11.6 Å². The third-order valence-electron chi connectivity index (χ3n) is 2.20. The first-order valence-corrected chi connectivity index (χ1v) is 6.97. The highest BCUT2D eigenvalue weighted by Crippen LogP contribution is 2.40. The molecule has 0 bridgehead atoms. The molecule has 0 saturated heterocycles. The average molecular weight is 211 g/mol. The van der Waals surface area contributed by atoms with Crippen molar-refractivity contribution in [3.8, 4) is 0 Å². The Bertz CT molecular complexity index is 443. The van der Waals surface area contributed by atoms with Gasteiger partial charge in [-0.3, -0.25) is 4.99 Å². The van der Waals surface area contributed by atoms with Crippen molar-refractivity contribution in [3.63, 3.8) is 0 Å². The molecular formula is C10H11FNOP. The van der Waals surface area contributed by atoms with Gasteiger partial charge < -0.3 is 4.57 Å². The molecule has 1 atom stereocenters. The van der Waals surface area contributed by atoms with Gasteiger partial charge in [-0.1, -0.05) is 12.1 Å². The smallest absolute Gasteiger partial charge is 0.129 e. The van der Waals surface area contributed by atoms with E-state index < -0.39 is 7.14 Å². The van der Waals surface area contributed by atoms with Crippen LogP contribution in [0.3, 0.4) is 0 Å². The third kappa shape index (κ3) is 1.64. The van der Waals surface area contributed by atoms with E-state index in [-0.39, 0.29) is 11.9 Å². The molecule has 0 aromatic heterocycles. The molecule has 0 amide bonds. The minimum atomic E-state index is -2.42. The molecule has 14 heavy (non-hydrogen) atoms. The summed E-state index contributed by atoms with van der Waals surface area (Å²) in [6, 6.07) is 4.52. The zero-order valence-corrected chi connectivity index (χ0v) is 8.96. The third-order valence-corrected chi connectivity index (χ3v) is 3.75. The molecule has 1 aromatic rings. The van der Waals surface area contributed by atoms with Gasteiger partial charge in [-0.25, -0.2) is 4.39 Å². The molecule has 1 aromatic carbocycles. The van der Waals surface area contributed by atoms with E-state index >= 15 is 0 Å². The zero-order valence-electron chi connectivity index (χ0n) is 8.07. The minimum Gasteiger partial charge on any atom is -0.319 e. The molecular weight excluding hydrogens is 200 g/mol. The Morgan fingerprint density at radius 3 is 2.57 bits per heavy atom. The first kappa shape index (κ1) is 9.60. The molecule has 1 aliphatic heterocycles. The van der Waals surface area contributed by atoms with Gasteiger partial charge in [0, 0.05) is 17.1 Å². The molecule has 0 aliphatic carbocycles. The fraction of sp³-hybridized carbons (Fsp3) is 0.300. The summed E-state index contributed by atoms with van der Waals surface area (Å²) in [4.78, 5) is 3.92. The molecule has 4 heteroatoms. The Morgan fingerprint density at radius 1 is 1.43 bits per heavy atom. The van der Waals surface area contributed by atoms with Crippen LogP contribution >= 0.6 is 7.14 Å². The normalized spacial score (nSPS) is 19.8. The predicted octanol–water partition coefficient (Wildman–Crippen LogP) is 2.20. The number of rotatable bonds is 2. The molecule has 2 rings (SSSR count). The van der Waals surface area contributed by atoms with E-state index in [1.807, 2.05) is 0 Å². The molecule has 1 aliphatic rings. The second-order valence-electron chi connectivity index (χ2n) is 3.77. The van der Waals surface area contributed by atoms with E-state index in [1.165, 1.54) is 6.07 Å². The molecule has 0 spiro atoms. The SMILES string of the molecule is CP(C)(=O)c1cccc(F)c1C1C=N1. The van der Waals surface area contributed by atoms with Crippen LogP contribution in [0.25, 0.3) is 0 Å². The lowest BCUT2D eigenvalue weighted by molar-refractivity contribution is 0.586. The molecule has 2 nitrogen and oxygen atoms in total. The van der Waals surface area contributed by atoms with E-state index in [2.05, 4.69) is 4.99 Å². The van der Waals surface area contributed by atoms with Gasteiger partial charge in [-0.2, -0.15) is 0 Å². The number of halogens is 1. The number of nitrogens with zero attached hydrogens (tertiary/aromatic N) is 1. The minimum absolute atomic E-state index is 0.181. The van der Waals surface area contributed by atoms with E-state index in [1.54, 1.807) is 31.7 Å². The summed E-state index contributed by atoms with van der Waals surface area (Å²) < 4.78 is 25.4. The van der Waals surface area contributed by atoms with Crippen molar-refractivity contribution in [1.29, 1.82) is 0 Å². The van der Waals surface area contributed by atoms with Crippen LogP contribution in [-0.2, 0) is 4.57 Å². The lowest BCUT2D eigenvalue weighted by Gasteiger charge is -2.12. The van der Waals surface area contributed by atoms with Gasteiger partial charge in [-0.15, -0.1) is 0 Å². The molecule has 74 valence electrons. The molecule has 0 saturated carbocycles. The predicted molar refractivity (Wildman–Crippen MR) is 56.7 cm³/mol. The fourth-order valence-corrected chi connectivity index (χ4v) is 2.74. The van der Waals surface area contributed by atoms with Crippen molar-refractivity contribution in [2.24, 2.45) is 4.99 Å². The molecule has 0 N–H and O–H groups in total. The number of hydrogen-bond acceptors (Lipinski definition) is 2. The Hall–Kier alpha value is -0.950. The molecule has 0 fully saturated rings. The topological polar surface area (TPSA) is 29.4 Å². The first-order chi connectivity index (χ1) is 6.50. The van der Waals surface area contributed by atoms with E-state index in [9.17, 15) is 8.96 Å². The number of hydrogen-bond donors (Lipinski definition) is 0. The maximum Gasteiger partial charge on any atom is 0.129 e. The Morgan fingerprint density at radius 2 is 2.07 bits per heavy atom. The van der Waals surface area contributed by atoms with Crippen molar-refractivity contribution in [1.82, 2.24) is 0 Å². The van der Waals surface area contributed by atoms with Crippen LogP contribution in [0.4, 0.5) is 4.39 Å². The molecule has 1 heterocycles. The maximum absolute atomic E-state index is 13.5. The van der Waals surface area contributed by atoms with E-state index in [4.69, 9.17) is 0 Å². The van der Waals surface area contributed by atoms with Crippen LogP contribution in [0.15, 0.2) is 23.2 Å². The van der Waals surface area contributed by atoms with Gasteiger partial charge in [0.1, 0.15) is 19.0 Å². The van der Waals surface area contributed by atoms with Crippen molar-refractivity contribution >= 4 is 18.7 Å². The van der Waals surface area contributed by atoms with E-state index in [0.717, 1.165) is 0 Å². The summed E-state index contributed by atoms with van der Waals surface area (Å²) in [5, 5.41) is 0.611. The first-order valence-electron chi connectivity index (χ1n) is 4.37. The van der Waals surface area contributed by atoms with Gasteiger partial charge in [-0.05, 0) is 19.4 Å². The maximum atomic E-state index is 13.5. The van der Waals surface area contributed by atoms with Crippen molar-refractivity contribution < 1.29 is 8.96 Å². The van der Waals surface area contributed by atoms with Gasteiger partial charge in [0.2, 0.25) is 0 Å². The zero-order chi connectivity index (χ0) is 10.3. The lowest BCUT2D eigenvalue weighted by Crippen LogP contribution is -2.12. The van der Waals surface area contributed by atoms with Crippen molar-refractivity contribution in [2.45, 2.75) is 6.04 Å². The summed E-state index contributed by atoms with van der Waals surface area (Å²) in [5.74, 6) is -0.311. The highest BCUT2D eigenvalue weighted by atomic mass is 31.2. The lowest BCUT2D eigenvalue weighted by atomic mass is 10.1. The largest absolute Gasteiger partial charge is 0.319 e. The second-order valence-corrected chi connectivity index (χ2v) is 6.95. The number of benzene rings is 1. The standard InChI is InChI=1S/C10H11FNOP/c1-14(2,13)9-5-3-4-7(11)10(9)8-6-12-8/h3-6,8H,1-2H3. The quantitative estimate of drug-likeness (QED) is 0.689. The van der Waals surface area contributed by atoms with Crippen LogP contribution < -0.4 is 5.30 Å². The fourth-order valence-electron chi connectivity index (χ4n) is 1.48. The van der Waals surface area contributed by atoms with Crippen LogP contribution in [0.2, 0.25) is 0 Å². The Labute approximate surface area is 82.2 Å². The monoisotopic (exact) mass is 211 g/mol. The van der Waals surface area contributed by atoms with Crippen LogP contribution in [-0.4, -0.2) is 19.5 Å². The summed E-state index contributed by atoms with van der Waals surface area (Å²) in [7, 11) is -2.42. The highest BCUT2D eigenvalue weighted by molar-refractivity contribution is 7.70. The van der Waals surface area contributed by atoms with Gasteiger partial charge in [0.15, 0.2) is 0 Å². The highest BCUT2D eigenvalue weighted by Gasteiger charge is 2.27. The molecule has 1 unspecified atom stereocenters. The van der Waals surface area contributed by atoms with Crippen LogP contribution in [0.5, 0.6) is 0 Å². The van der Waals surface area contributed by atoms with Gasteiger partial charge >= 0.3 is 0 Å². The summed E-state index contributed by atoms with van der Waals surface area (Å²) in [6.45, 7) is 3.29.